The van der Waals surface area contributed by atoms with E-state index in [1.54, 1.807) is 12.0 Å². The molecule has 1 N–H and O–H groups in total. The van der Waals surface area contributed by atoms with Crippen LogP contribution in [0.2, 0.25) is 0 Å². The quantitative estimate of drug-likeness (QED) is 0.875. The number of nitrogens with one attached hydrogen (secondary N) is 1. The zero-order chi connectivity index (χ0) is 19.4. The lowest BCUT2D eigenvalue weighted by molar-refractivity contribution is 0.0137. The molecule has 0 aromatic heterocycles. The van der Waals surface area contributed by atoms with E-state index in [0.29, 0.717) is 32.8 Å². The highest BCUT2D eigenvalue weighted by atomic mass is 16.6. The SMILES string of the molecule is COCc1ccccc1CNC1=NCC2CN(C(=O)OC(C)(C)C)CCN12. The maximum Gasteiger partial charge on any atom is 0.410 e. The van der Waals surface area contributed by atoms with Gasteiger partial charge in [0.25, 0.3) is 0 Å². The number of methoxy groups -OCH3 is 1. The van der Waals surface area contributed by atoms with Gasteiger partial charge >= 0.3 is 6.09 Å². The molecule has 2 aliphatic rings. The summed E-state index contributed by atoms with van der Waals surface area (Å²) in [7, 11) is 1.71. The summed E-state index contributed by atoms with van der Waals surface area (Å²) in [6.45, 7) is 9.72. The number of nitrogens with zero attached hydrogens (tertiary/aromatic N) is 3. The number of guanidine groups is 1. The Morgan fingerprint density at radius 3 is 2.70 bits per heavy atom. The van der Waals surface area contributed by atoms with Crippen molar-refractivity contribution in [3.05, 3.63) is 35.4 Å². The molecule has 0 bridgehead atoms. The van der Waals surface area contributed by atoms with Gasteiger partial charge in [-0.3, -0.25) is 4.99 Å². The molecule has 2 heterocycles. The molecule has 7 nitrogen and oxygen atoms in total. The maximum absolute atomic E-state index is 12.3. The van der Waals surface area contributed by atoms with Crippen LogP contribution in [0.5, 0.6) is 0 Å². The van der Waals surface area contributed by atoms with E-state index in [2.05, 4.69) is 27.3 Å². The van der Waals surface area contributed by atoms with Gasteiger partial charge in [0.05, 0.1) is 19.2 Å². The van der Waals surface area contributed by atoms with Gasteiger partial charge in [0.1, 0.15) is 5.60 Å². The fraction of sp³-hybridized carbons (Fsp3) is 0.600. The van der Waals surface area contributed by atoms with Crippen molar-refractivity contribution in [2.75, 3.05) is 33.3 Å². The lowest BCUT2D eigenvalue weighted by Crippen LogP contribution is -2.57. The molecule has 148 valence electrons. The minimum atomic E-state index is -0.470. The fourth-order valence-electron chi connectivity index (χ4n) is 3.42. The summed E-state index contributed by atoms with van der Waals surface area (Å²) in [5.41, 5.74) is 1.91. The molecule has 1 atom stereocenters. The molecule has 0 radical (unpaired) electrons. The number of carbonyl (C=O) groups excluding carboxylic acids is 1. The summed E-state index contributed by atoms with van der Waals surface area (Å²) in [6.07, 6.45) is -0.239. The van der Waals surface area contributed by atoms with Crippen molar-refractivity contribution in [2.24, 2.45) is 4.99 Å². The summed E-state index contributed by atoms with van der Waals surface area (Å²) in [4.78, 5) is 21.0. The van der Waals surface area contributed by atoms with Crippen LogP contribution in [0.1, 0.15) is 31.9 Å². The first kappa shape index (κ1) is 19.5. The van der Waals surface area contributed by atoms with Crippen LogP contribution in [0, 0.1) is 0 Å². The predicted molar refractivity (Wildman–Crippen MR) is 105 cm³/mol. The van der Waals surface area contributed by atoms with Crippen molar-refractivity contribution in [2.45, 2.75) is 45.6 Å². The highest BCUT2D eigenvalue weighted by Gasteiger charge is 2.36. The number of ether oxygens (including phenoxy) is 2. The Labute approximate surface area is 161 Å². The molecule has 0 spiro atoms. The average Bonchev–Trinajstić information content (AvgIpc) is 3.02. The monoisotopic (exact) mass is 374 g/mol. The largest absolute Gasteiger partial charge is 0.444 e. The Hall–Kier alpha value is -2.28. The lowest BCUT2D eigenvalue weighted by atomic mass is 10.1. The smallest absolute Gasteiger partial charge is 0.410 e. The van der Waals surface area contributed by atoms with Crippen molar-refractivity contribution in [3.63, 3.8) is 0 Å². The summed E-state index contributed by atoms with van der Waals surface area (Å²) >= 11 is 0. The minimum Gasteiger partial charge on any atom is -0.444 e. The van der Waals surface area contributed by atoms with Gasteiger partial charge in [0.2, 0.25) is 0 Å². The number of aliphatic imine (C=N–C) groups is 1. The Kier molecular flexibility index (Phi) is 5.89. The van der Waals surface area contributed by atoms with Crippen molar-refractivity contribution in [1.82, 2.24) is 15.1 Å². The lowest BCUT2D eigenvalue weighted by Gasteiger charge is -2.39. The van der Waals surface area contributed by atoms with Crippen LogP contribution in [0.3, 0.4) is 0 Å². The number of benzene rings is 1. The molecule has 27 heavy (non-hydrogen) atoms. The van der Waals surface area contributed by atoms with Crippen molar-refractivity contribution < 1.29 is 14.3 Å². The topological polar surface area (TPSA) is 66.4 Å². The molecule has 3 rings (SSSR count). The molecule has 1 aromatic rings. The second-order valence-corrected chi connectivity index (χ2v) is 7.99. The van der Waals surface area contributed by atoms with Crippen LogP contribution in [-0.4, -0.2) is 66.8 Å². The molecule has 1 unspecified atom stereocenters. The van der Waals surface area contributed by atoms with Gasteiger partial charge in [-0.25, -0.2) is 4.79 Å². The van der Waals surface area contributed by atoms with Crippen LogP contribution in [0.4, 0.5) is 4.79 Å². The molecule has 7 heteroatoms. The fourth-order valence-corrected chi connectivity index (χ4v) is 3.42. The first-order valence-corrected chi connectivity index (χ1v) is 9.46. The van der Waals surface area contributed by atoms with E-state index in [1.165, 1.54) is 11.1 Å². The zero-order valence-corrected chi connectivity index (χ0v) is 16.7. The maximum atomic E-state index is 12.3. The number of amides is 1. The molecule has 1 amide bonds. The second-order valence-electron chi connectivity index (χ2n) is 7.99. The first-order valence-electron chi connectivity index (χ1n) is 9.46. The van der Waals surface area contributed by atoms with E-state index in [4.69, 9.17) is 9.47 Å². The molecular formula is C20H30N4O3. The van der Waals surface area contributed by atoms with Crippen LogP contribution in [-0.2, 0) is 22.6 Å². The standard InChI is InChI=1S/C20H30N4O3/c1-20(2,3)27-19(25)23-9-10-24-17(13-23)12-22-18(24)21-11-15-7-5-6-8-16(15)14-26-4/h5-8,17H,9-14H2,1-4H3,(H,21,22). The summed E-state index contributed by atoms with van der Waals surface area (Å²) < 4.78 is 10.8. The number of piperazine rings is 1. The molecule has 1 fully saturated rings. The van der Waals surface area contributed by atoms with E-state index >= 15 is 0 Å². The Morgan fingerprint density at radius 2 is 2.00 bits per heavy atom. The van der Waals surface area contributed by atoms with Gasteiger partial charge in [0.15, 0.2) is 5.96 Å². The number of hydrogen-bond donors (Lipinski definition) is 1. The van der Waals surface area contributed by atoms with Gasteiger partial charge in [0, 0.05) is 33.3 Å². The average molecular weight is 374 g/mol. The third kappa shape index (κ3) is 4.91. The summed E-state index contributed by atoms with van der Waals surface area (Å²) in [6, 6.07) is 8.46. The molecular weight excluding hydrogens is 344 g/mol. The van der Waals surface area contributed by atoms with Gasteiger partial charge in [-0.2, -0.15) is 0 Å². The van der Waals surface area contributed by atoms with Crippen molar-refractivity contribution >= 4 is 12.1 Å². The Balaban J connectivity index is 1.54. The van der Waals surface area contributed by atoms with Gasteiger partial charge in [-0.15, -0.1) is 0 Å². The van der Waals surface area contributed by atoms with E-state index in [1.807, 2.05) is 32.9 Å². The van der Waals surface area contributed by atoms with Gasteiger partial charge < -0.3 is 24.6 Å². The minimum absolute atomic E-state index is 0.211. The molecule has 1 aromatic carbocycles. The van der Waals surface area contributed by atoms with Crippen LogP contribution >= 0.6 is 0 Å². The normalized spacial score (nSPS) is 19.6. The zero-order valence-electron chi connectivity index (χ0n) is 16.7. The number of rotatable bonds is 4. The van der Waals surface area contributed by atoms with Crippen LogP contribution < -0.4 is 5.32 Å². The molecule has 2 aliphatic heterocycles. The third-order valence-electron chi connectivity index (χ3n) is 4.71. The first-order chi connectivity index (χ1) is 12.9. The highest BCUT2D eigenvalue weighted by molar-refractivity contribution is 5.82. The van der Waals surface area contributed by atoms with E-state index < -0.39 is 5.60 Å². The molecule has 1 saturated heterocycles. The third-order valence-corrected chi connectivity index (χ3v) is 4.71. The van der Waals surface area contributed by atoms with E-state index in [-0.39, 0.29) is 12.1 Å². The van der Waals surface area contributed by atoms with Crippen LogP contribution in [0.25, 0.3) is 0 Å². The predicted octanol–water partition coefficient (Wildman–Crippen LogP) is 2.21. The van der Waals surface area contributed by atoms with E-state index in [9.17, 15) is 4.79 Å². The van der Waals surface area contributed by atoms with Crippen molar-refractivity contribution in [1.29, 1.82) is 0 Å². The van der Waals surface area contributed by atoms with Crippen molar-refractivity contribution in [3.8, 4) is 0 Å². The number of fused-ring (bicyclic) bond motifs is 1. The van der Waals surface area contributed by atoms with Gasteiger partial charge in [-0.1, -0.05) is 24.3 Å². The number of hydrogen-bond acceptors (Lipinski definition) is 6. The summed E-state index contributed by atoms with van der Waals surface area (Å²) in [5.74, 6) is 0.913. The van der Waals surface area contributed by atoms with Crippen LogP contribution in [0.15, 0.2) is 29.3 Å². The van der Waals surface area contributed by atoms with Gasteiger partial charge in [-0.05, 0) is 31.9 Å². The van der Waals surface area contributed by atoms with E-state index in [0.717, 1.165) is 12.5 Å². The Morgan fingerprint density at radius 1 is 1.26 bits per heavy atom. The summed E-state index contributed by atoms with van der Waals surface area (Å²) in [5, 5.41) is 3.46. The second kappa shape index (κ2) is 8.17. The Bertz CT molecular complexity index is 699. The number of carbonyl (C=O) groups is 1. The highest BCUT2D eigenvalue weighted by Crippen LogP contribution is 2.19. The molecule has 0 aliphatic carbocycles. The molecule has 0 saturated carbocycles.